The van der Waals surface area contributed by atoms with Gasteiger partial charge in [-0.1, -0.05) is 48.5 Å². The van der Waals surface area contributed by atoms with Crippen molar-refractivity contribution in [2.45, 2.75) is 19.8 Å². The maximum atomic E-state index is 13.1. The van der Waals surface area contributed by atoms with Gasteiger partial charge in [0.05, 0.1) is 16.2 Å². The van der Waals surface area contributed by atoms with Crippen LogP contribution in [0, 0.1) is 10.1 Å². The predicted molar refractivity (Wildman–Crippen MR) is 140 cm³/mol. The van der Waals surface area contributed by atoms with Crippen LogP contribution in [0.1, 0.15) is 36.5 Å². The Balaban J connectivity index is 1.55. The molecule has 0 radical (unpaired) electrons. The molecule has 3 aromatic rings. The van der Waals surface area contributed by atoms with Crippen LogP contribution in [0.15, 0.2) is 78.9 Å². The molecule has 0 unspecified atom stereocenters. The molecule has 0 spiro atoms. The molecule has 3 aromatic carbocycles. The smallest absolute Gasteiger partial charge is 0.270 e. The number of hydrogen-bond acceptors (Lipinski definition) is 5. The van der Waals surface area contributed by atoms with Crippen molar-refractivity contribution in [2.75, 3.05) is 17.2 Å². The van der Waals surface area contributed by atoms with Crippen LogP contribution in [-0.2, 0) is 9.59 Å². The number of amides is 2. The summed E-state index contributed by atoms with van der Waals surface area (Å²) >= 11 is 0. The van der Waals surface area contributed by atoms with Gasteiger partial charge in [0.2, 0.25) is 5.91 Å². The molecular formula is C28H24N4O4. The van der Waals surface area contributed by atoms with Gasteiger partial charge in [-0.05, 0) is 42.7 Å². The quantitative estimate of drug-likeness (QED) is 0.275. The number of allylic oxidation sites excluding steroid dienone is 1. The molecule has 0 aromatic heterocycles. The summed E-state index contributed by atoms with van der Waals surface area (Å²) in [6, 6.07) is 21.4. The molecule has 8 nitrogen and oxygen atoms in total. The van der Waals surface area contributed by atoms with Gasteiger partial charge in [-0.3, -0.25) is 19.7 Å². The van der Waals surface area contributed by atoms with Gasteiger partial charge in [-0.2, -0.15) is 0 Å². The van der Waals surface area contributed by atoms with Crippen LogP contribution in [-0.4, -0.2) is 28.2 Å². The number of non-ortho nitro benzene ring substituents is 1. The van der Waals surface area contributed by atoms with Crippen LogP contribution >= 0.6 is 0 Å². The van der Waals surface area contributed by atoms with Crippen LogP contribution in [0.3, 0.4) is 0 Å². The van der Waals surface area contributed by atoms with Gasteiger partial charge in [0.15, 0.2) is 0 Å². The molecule has 180 valence electrons. The van der Waals surface area contributed by atoms with Crippen molar-refractivity contribution >= 4 is 45.8 Å². The number of nitro benzene ring substituents is 1. The Bertz CT molecular complexity index is 1430. The summed E-state index contributed by atoms with van der Waals surface area (Å²) in [7, 11) is 0. The van der Waals surface area contributed by atoms with Crippen molar-refractivity contribution < 1.29 is 14.5 Å². The number of benzene rings is 3. The van der Waals surface area contributed by atoms with E-state index in [1.807, 2.05) is 72.5 Å². The molecule has 8 heteroatoms. The fourth-order valence-corrected chi connectivity index (χ4v) is 4.65. The Kier molecular flexibility index (Phi) is 6.08. The van der Waals surface area contributed by atoms with Crippen molar-refractivity contribution in [3.63, 3.8) is 0 Å². The van der Waals surface area contributed by atoms with Crippen LogP contribution in [0.5, 0.6) is 0 Å². The second kappa shape index (κ2) is 9.50. The number of rotatable bonds is 6. The molecule has 0 bridgehead atoms. The molecule has 0 atom stereocenters. The zero-order valence-corrected chi connectivity index (χ0v) is 19.7. The molecule has 2 amide bonds. The lowest BCUT2D eigenvalue weighted by atomic mass is 9.99. The van der Waals surface area contributed by atoms with E-state index in [0.717, 1.165) is 28.9 Å². The molecule has 2 aliphatic rings. The highest BCUT2D eigenvalue weighted by molar-refractivity contribution is 6.37. The largest absolute Gasteiger partial charge is 0.354 e. The molecule has 2 aliphatic heterocycles. The maximum absolute atomic E-state index is 13.1. The first-order valence-corrected chi connectivity index (χ1v) is 11.7. The second-order valence-electron chi connectivity index (χ2n) is 8.58. The third kappa shape index (κ3) is 4.24. The summed E-state index contributed by atoms with van der Waals surface area (Å²) in [5.41, 5.74) is 5.09. The molecule has 1 fully saturated rings. The van der Waals surface area contributed by atoms with Gasteiger partial charge in [-0.15, -0.1) is 0 Å². The third-order valence-corrected chi connectivity index (χ3v) is 6.36. The van der Waals surface area contributed by atoms with Crippen molar-refractivity contribution in [1.82, 2.24) is 4.90 Å². The topological polar surface area (TPSA) is 105 Å². The summed E-state index contributed by atoms with van der Waals surface area (Å²) in [5.74, 6) is -0.210. The molecule has 2 heterocycles. The predicted octanol–water partition coefficient (Wildman–Crippen LogP) is 5.51. The standard InChI is InChI=1S/C28H24N4O4/c1-2-24(31-16-6-9-25(31)33)18-10-12-20(13-11-18)29-27(19-7-4-3-5-8-19)26-22-17-21(32(35)36)14-15-23(22)30-28(26)34/h2-5,7-8,10-15,17,29H,6,9,16H2,1H3,(H,30,34). The van der Waals surface area contributed by atoms with Crippen molar-refractivity contribution in [3.8, 4) is 0 Å². The number of anilines is 2. The minimum absolute atomic E-state index is 0.0881. The maximum Gasteiger partial charge on any atom is 0.270 e. The minimum atomic E-state index is -0.473. The Hall–Kier alpha value is -4.72. The fraction of sp³-hybridized carbons (Fsp3) is 0.143. The highest BCUT2D eigenvalue weighted by Crippen LogP contribution is 2.39. The number of fused-ring (bicyclic) bond motifs is 1. The zero-order valence-electron chi connectivity index (χ0n) is 19.7. The average Bonchev–Trinajstić information content (AvgIpc) is 3.46. The third-order valence-electron chi connectivity index (χ3n) is 6.36. The van der Waals surface area contributed by atoms with E-state index in [1.54, 1.807) is 6.07 Å². The SMILES string of the molecule is CC=C(c1ccc(NC(=C2C(=O)Nc3ccc([N+](=O)[O-])cc32)c2ccccc2)cc1)N1CCCC1=O. The molecule has 0 aliphatic carbocycles. The summed E-state index contributed by atoms with van der Waals surface area (Å²) < 4.78 is 0. The first-order chi connectivity index (χ1) is 17.5. The van der Waals surface area contributed by atoms with Crippen LogP contribution in [0.4, 0.5) is 17.1 Å². The van der Waals surface area contributed by atoms with E-state index in [4.69, 9.17) is 0 Å². The summed E-state index contributed by atoms with van der Waals surface area (Å²) in [6.45, 7) is 2.63. The van der Waals surface area contributed by atoms with Gasteiger partial charge in [-0.25, -0.2) is 0 Å². The van der Waals surface area contributed by atoms with Gasteiger partial charge < -0.3 is 15.5 Å². The fourth-order valence-electron chi connectivity index (χ4n) is 4.65. The molecule has 2 N–H and O–H groups in total. The number of carbonyl (C=O) groups excluding carboxylic acids is 2. The Labute approximate surface area is 208 Å². The van der Waals surface area contributed by atoms with Gasteiger partial charge in [0.1, 0.15) is 0 Å². The average molecular weight is 481 g/mol. The number of nitrogens with zero attached hydrogens (tertiary/aromatic N) is 2. The molecule has 5 rings (SSSR count). The Morgan fingerprint density at radius 1 is 1.03 bits per heavy atom. The zero-order chi connectivity index (χ0) is 25.2. The highest BCUT2D eigenvalue weighted by Gasteiger charge is 2.30. The Morgan fingerprint density at radius 2 is 1.78 bits per heavy atom. The van der Waals surface area contributed by atoms with Gasteiger partial charge in [0, 0.05) is 47.7 Å². The lowest BCUT2D eigenvalue weighted by molar-refractivity contribution is -0.384. The lowest BCUT2D eigenvalue weighted by Crippen LogP contribution is -2.22. The van der Waals surface area contributed by atoms with Crippen molar-refractivity contribution in [2.24, 2.45) is 0 Å². The summed E-state index contributed by atoms with van der Waals surface area (Å²) in [4.78, 5) is 38.0. The van der Waals surface area contributed by atoms with E-state index in [0.29, 0.717) is 35.5 Å². The first-order valence-electron chi connectivity index (χ1n) is 11.7. The van der Waals surface area contributed by atoms with Crippen LogP contribution < -0.4 is 10.6 Å². The molecular weight excluding hydrogens is 456 g/mol. The molecule has 1 saturated heterocycles. The number of nitrogens with one attached hydrogen (secondary N) is 2. The molecule has 0 saturated carbocycles. The number of hydrogen-bond donors (Lipinski definition) is 2. The number of nitro groups is 1. The van der Waals surface area contributed by atoms with Crippen LogP contribution in [0.2, 0.25) is 0 Å². The minimum Gasteiger partial charge on any atom is -0.354 e. The van der Waals surface area contributed by atoms with Crippen molar-refractivity contribution in [1.29, 1.82) is 0 Å². The highest BCUT2D eigenvalue weighted by atomic mass is 16.6. The normalized spacial score (nSPS) is 16.6. The van der Waals surface area contributed by atoms with Gasteiger partial charge >= 0.3 is 0 Å². The van der Waals surface area contributed by atoms with E-state index in [2.05, 4.69) is 10.6 Å². The Morgan fingerprint density at radius 3 is 2.42 bits per heavy atom. The summed E-state index contributed by atoms with van der Waals surface area (Å²) in [6.07, 6.45) is 3.36. The number of carbonyl (C=O) groups is 2. The summed E-state index contributed by atoms with van der Waals surface area (Å²) in [5, 5.41) is 17.6. The van der Waals surface area contributed by atoms with E-state index in [1.165, 1.54) is 12.1 Å². The van der Waals surface area contributed by atoms with Crippen molar-refractivity contribution in [3.05, 3.63) is 106 Å². The van der Waals surface area contributed by atoms with E-state index < -0.39 is 4.92 Å². The monoisotopic (exact) mass is 480 g/mol. The van der Waals surface area contributed by atoms with Gasteiger partial charge in [0.25, 0.3) is 11.6 Å². The van der Waals surface area contributed by atoms with E-state index in [-0.39, 0.29) is 17.5 Å². The molecule has 36 heavy (non-hydrogen) atoms. The van der Waals surface area contributed by atoms with E-state index >= 15 is 0 Å². The first kappa shape index (κ1) is 23.0. The van der Waals surface area contributed by atoms with E-state index in [9.17, 15) is 19.7 Å². The lowest BCUT2D eigenvalue weighted by Gasteiger charge is -2.20. The second-order valence-corrected chi connectivity index (χ2v) is 8.58. The number of likely N-dealkylation sites (tertiary alicyclic amines) is 1. The van der Waals surface area contributed by atoms with Crippen LogP contribution in [0.25, 0.3) is 17.0 Å².